The molecule has 1 heterocycles. The van der Waals surface area contributed by atoms with Crippen LogP contribution < -0.4 is 10.6 Å². The van der Waals surface area contributed by atoms with Crippen LogP contribution in [0.15, 0.2) is 60.8 Å². The van der Waals surface area contributed by atoms with Gasteiger partial charge >= 0.3 is 5.97 Å². The van der Waals surface area contributed by atoms with Gasteiger partial charge in [-0.05, 0) is 43.3 Å². The zero-order valence-corrected chi connectivity index (χ0v) is 16.8. The molecule has 160 valence electrons. The average Bonchev–Trinajstić information content (AvgIpc) is 3.25. The number of nitro groups is 1. The number of para-hydroxylation sites is 2. The molecule has 0 unspecified atom stereocenters. The molecule has 2 aromatic carbocycles. The molecule has 0 atom stereocenters. The Morgan fingerprint density at radius 3 is 2.58 bits per heavy atom. The summed E-state index contributed by atoms with van der Waals surface area (Å²) >= 11 is 0. The summed E-state index contributed by atoms with van der Waals surface area (Å²) in [7, 11) is 0. The van der Waals surface area contributed by atoms with Crippen LogP contribution in [0.2, 0.25) is 0 Å². The summed E-state index contributed by atoms with van der Waals surface area (Å²) in [4.78, 5) is 34.4. The molecule has 31 heavy (non-hydrogen) atoms. The van der Waals surface area contributed by atoms with Crippen molar-refractivity contribution in [1.29, 1.82) is 0 Å². The zero-order chi connectivity index (χ0) is 22.2. The van der Waals surface area contributed by atoms with Crippen LogP contribution in [-0.2, 0) is 9.53 Å². The number of nitrogens with zero attached hydrogens (tertiary/aromatic N) is 3. The minimum atomic E-state index is -0.487. The predicted molar refractivity (Wildman–Crippen MR) is 114 cm³/mol. The van der Waals surface area contributed by atoms with Crippen LogP contribution in [0, 0.1) is 10.1 Å². The summed E-state index contributed by atoms with van der Waals surface area (Å²) in [5.41, 5.74) is 1.85. The second-order valence-corrected chi connectivity index (χ2v) is 6.41. The van der Waals surface area contributed by atoms with Crippen LogP contribution >= 0.6 is 0 Å². The van der Waals surface area contributed by atoms with Gasteiger partial charge in [0.25, 0.3) is 5.69 Å². The molecule has 0 aliphatic rings. The lowest BCUT2D eigenvalue weighted by Crippen LogP contribution is -2.16. The first kappa shape index (κ1) is 21.5. The van der Waals surface area contributed by atoms with Crippen molar-refractivity contribution in [2.45, 2.75) is 13.3 Å². The van der Waals surface area contributed by atoms with Crippen LogP contribution in [0.1, 0.15) is 23.8 Å². The van der Waals surface area contributed by atoms with Gasteiger partial charge in [-0.1, -0.05) is 12.1 Å². The summed E-state index contributed by atoms with van der Waals surface area (Å²) in [5, 5.41) is 20.9. The van der Waals surface area contributed by atoms with Crippen molar-refractivity contribution in [3.05, 3.63) is 76.6 Å². The van der Waals surface area contributed by atoms with E-state index in [0.717, 1.165) is 0 Å². The average molecular weight is 423 g/mol. The minimum absolute atomic E-state index is 0.0387. The monoisotopic (exact) mass is 423 g/mol. The number of ether oxygens (including phenoxy) is 1. The number of anilines is 2. The fraction of sp³-hybridized carbons (Fsp3) is 0.190. The number of hydrogen-bond donors (Lipinski definition) is 2. The van der Waals surface area contributed by atoms with Crippen molar-refractivity contribution in [1.82, 2.24) is 9.78 Å². The fourth-order valence-electron chi connectivity index (χ4n) is 2.80. The van der Waals surface area contributed by atoms with Gasteiger partial charge in [-0.15, -0.1) is 0 Å². The van der Waals surface area contributed by atoms with Gasteiger partial charge < -0.3 is 15.4 Å². The number of carbonyl (C=O) groups is 2. The van der Waals surface area contributed by atoms with E-state index < -0.39 is 10.9 Å². The zero-order valence-electron chi connectivity index (χ0n) is 16.8. The highest BCUT2D eigenvalue weighted by molar-refractivity contribution is 5.91. The van der Waals surface area contributed by atoms with Crippen molar-refractivity contribution in [2.24, 2.45) is 0 Å². The molecule has 0 radical (unpaired) electrons. The minimum Gasteiger partial charge on any atom is -0.461 e. The van der Waals surface area contributed by atoms with Gasteiger partial charge in [-0.2, -0.15) is 5.10 Å². The summed E-state index contributed by atoms with van der Waals surface area (Å²) in [6, 6.07) is 14.8. The normalized spacial score (nSPS) is 10.4. The van der Waals surface area contributed by atoms with Crippen LogP contribution in [0.3, 0.4) is 0 Å². The maximum Gasteiger partial charge on any atom is 0.358 e. The van der Waals surface area contributed by atoms with Gasteiger partial charge in [-0.3, -0.25) is 14.9 Å². The lowest BCUT2D eigenvalue weighted by atomic mass is 10.2. The SMILES string of the molecule is CCOC(=O)c1ccn(-c2ccc(NC(=O)CCNc3ccccc3[N+](=O)[O-])cc2)n1. The van der Waals surface area contributed by atoms with Crippen molar-refractivity contribution < 1.29 is 19.2 Å². The van der Waals surface area contributed by atoms with E-state index in [0.29, 0.717) is 17.1 Å². The molecule has 0 aliphatic heterocycles. The predicted octanol–water partition coefficient (Wildman–Crippen LogP) is 3.40. The number of amides is 1. The summed E-state index contributed by atoms with van der Waals surface area (Å²) in [5.74, 6) is -0.720. The third-order valence-corrected chi connectivity index (χ3v) is 4.26. The topological polar surface area (TPSA) is 128 Å². The van der Waals surface area contributed by atoms with E-state index in [1.54, 1.807) is 61.7 Å². The van der Waals surface area contributed by atoms with E-state index in [1.165, 1.54) is 10.7 Å². The van der Waals surface area contributed by atoms with E-state index in [1.807, 2.05) is 0 Å². The molecule has 1 amide bonds. The second kappa shape index (κ2) is 10.0. The lowest BCUT2D eigenvalue weighted by molar-refractivity contribution is -0.384. The summed E-state index contributed by atoms with van der Waals surface area (Å²) in [6.07, 6.45) is 1.78. The van der Waals surface area contributed by atoms with Crippen molar-refractivity contribution in [3.63, 3.8) is 0 Å². The Morgan fingerprint density at radius 2 is 1.87 bits per heavy atom. The van der Waals surface area contributed by atoms with Crippen molar-refractivity contribution in [2.75, 3.05) is 23.8 Å². The van der Waals surface area contributed by atoms with Crippen molar-refractivity contribution in [3.8, 4) is 5.69 Å². The Morgan fingerprint density at radius 1 is 1.13 bits per heavy atom. The Bertz CT molecular complexity index is 1080. The smallest absolute Gasteiger partial charge is 0.358 e. The molecule has 0 spiro atoms. The van der Waals surface area contributed by atoms with Gasteiger partial charge in [-0.25, -0.2) is 9.48 Å². The number of rotatable bonds is 9. The summed E-state index contributed by atoms with van der Waals surface area (Å²) < 4.78 is 6.45. The fourth-order valence-corrected chi connectivity index (χ4v) is 2.80. The van der Waals surface area contributed by atoms with Gasteiger partial charge in [0.15, 0.2) is 5.69 Å². The van der Waals surface area contributed by atoms with E-state index in [-0.39, 0.29) is 36.9 Å². The number of carbonyl (C=O) groups excluding carboxylic acids is 2. The van der Waals surface area contributed by atoms with E-state index in [4.69, 9.17) is 4.74 Å². The van der Waals surface area contributed by atoms with E-state index in [9.17, 15) is 19.7 Å². The molecule has 1 aromatic heterocycles. The maximum atomic E-state index is 12.2. The molecular weight excluding hydrogens is 402 g/mol. The molecule has 2 N–H and O–H groups in total. The van der Waals surface area contributed by atoms with Crippen molar-refractivity contribution >= 4 is 28.9 Å². The molecular formula is C21H21N5O5. The van der Waals surface area contributed by atoms with Crippen LogP contribution in [0.5, 0.6) is 0 Å². The Kier molecular flexibility index (Phi) is 6.94. The number of hydrogen-bond acceptors (Lipinski definition) is 7. The first-order chi connectivity index (χ1) is 15.0. The Balaban J connectivity index is 1.52. The maximum absolute atomic E-state index is 12.2. The molecule has 0 aliphatic carbocycles. The highest BCUT2D eigenvalue weighted by Gasteiger charge is 2.13. The highest BCUT2D eigenvalue weighted by Crippen LogP contribution is 2.23. The Labute approximate surface area is 178 Å². The highest BCUT2D eigenvalue weighted by atomic mass is 16.6. The molecule has 10 heteroatoms. The standard InChI is InChI=1S/C21H21N5O5/c1-2-31-21(28)18-12-14-25(24-18)16-9-7-15(8-10-16)23-20(27)11-13-22-17-5-3-4-6-19(17)26(29)30/h3-10,12,14,22H,2,11,13H2,1H3,(H,23,27). The van der Waals surface area contributed by atoms with Gasteiger partial charge in [0.1, 0.15) is 5.69 Å². The van der Waals surface area contributed by atoms with Gasteiger partial charge in [0.2, 0.25) is 5.91 Å². The Hall–Kier alpha value is -4.21. The van der Waals surface area contributed by atoms with Gasteiger partial charge in [0, 0.05) is 30.9 Å². The largest absolute Gasteiger partial charge is 0.461 e. The molecule has 0 bridgehead atoms. The number of aromatic nitrogens is 2. The van der Waals surface area contributed by atoms with Crippen LogP contribution in [0.4, 0.5) is 17.1 Å². The lowest BCUT2D eigenvalue weighted by Gasteiger charge is -2.09. The first-order valence-electron chi connectivity index (χ1n) is 9.58. The van der Waals surface area contributed by atoms with E-state index >= 15 is 0 Å². The number of nitrogens with one attached hydrogen (secondary N) is 2. The third-order valence-electron chi connectivity index (χ3n) is 4.26. The number of nitro benzene ring substituents is 1. The number of esters is 1. The summed E-state index contributed by atoms with van der Waals surface area (Å²) in [6.45, 7) is 2.25. The first-order valence-corrected chi connectivity index (χ1v) is 9.58. The molecule has 3 aromatic rings. The molecule has 0 saturated heterocycles. The molecule has 0 fully saturated rings. The van der Waals surface area contributed by atoms with E-state index in [2.05, 4.69) is 15.7 Å². The van der Waals surface area contributed by atoms with Crippen LogP contribution in [-0.4, -0.2) is 39.7 Å². The second-order valence-electron chi connectivity index (χ2n) is 6.41. The molecule has 10 nitrogen and oxygen atoms in total. The molecule has 0 saturated carbocycles. The number of benzene rings is 2. The van der Waals surface area contributed by atoms with Gasteiger partial charge in [0.05, 0.1) is 17.2 Å². The quantitative estimate of drug-likeness (QED) is 0.307. The van der Waals surface area contributed by atoms with Crippen LogP contribution in [0.25, 0.3) is 5.69 Å². The molecule has 3 rings (SSSR count). The third kappa shape index (κ3) is 5.66.